The third-order valence-electron chi connectivity index (χ3n) is 5.67. The molecule has 0 amide bonds. The van der Waals surface area contributed by atoms with Crippen molar-refractivity contribution in [2.45, 2.75) is 57.1 Å². The van der Waals surface area contributed by atoms with Crippen molar-refractivity contribution in [3.05, 3.63) is 29.8 Å². The van der Waals surface area contributed by atoms with Gasteiger partial charge in [0.1, 0.15) is 11.9 Å². The van der Waals surface area contributed by atoms with Gasteiger partial charge in [-0.2, -0.15) is 0 Å². The first kappa shape index (κ1) is 18.2. The summed E-state index contributed by atoms with van der Waals surface area (Å²) in [6.07, 6.45) is 3.37. The number of hydrogen-bond acceptors (Lipinski definition) is 4. The number of likely N-dealkylation sites (tertiary alicyclic amines) is 1. The minimum atomic E-state index is -0.820. The van der Waals surface area contributed by atoms with E-state index in [1.165, 1.54) is 0 Å². The van der Waals surface area contributed by atoms with E-state index in [1.54, 1.807) is 0 Å². The molecule has 0 spiro atoms. The molecule has 2 aliphatic heterocycles. The monoisotopic (exact) mass is 347 g/mol. The van der Waals surface area contributed by atoms with Crippen LogP contribution in [0.5, 0.6) is 5.75 Å². The Labute approximate surface area is 149 Å². The zero-order valence-corrected chi connectivity index (χ0v) is 15.2. The lowest BCUT2D eigenvalue weighted by Crippen LogP contribution is -2.42. The lowest BCUT2D eigenvalue weighted by Gasteiger charge is -2.35. The van der Waals surface area contributed by atoms with E-state index in [4.69, 9.17) is 9.47 Å². The lowest BCUT2D eigenvalue weighted by molar-refractivity contribution is -0.147. The molecule has 0 aromatic heterocycles. The normalized spacial score (nSPS) is 22.0. The van der Waals surface area contributed by atoms with Crippen LogP contribution in [0.25, 0.3) is 0 Å². The molecular weight excluding hydrogens is 318 g/mol. The molecule has 2 heterocycles. The number of carbonyl (C=O) groups is 1. The number of benzene rings is 1. The largest absolute Gasteiger partial charge is 0.490 e. The highest BCUT2D eigenvalue weighted by Gasteiger charge is 2.41. The van der Waals surface area contributed by atoms with Crippen molar-refractivity contribution >= 4 is 5.97 Å². The number of nitrogens with zero attached hydrogens (tertiary/aromatic N) is 1. The number of rotatable bonds is 5. The van der Waals surface area contributed by atoms with E-state index in [2.05, 4.69) is 18.7 Å². The SMILES string of the molecule is CC(C)N1CCC(Oc2ccc(C3(C(=O)O)CCOCC3)cc2)CC1. The van der Waals surface area contributed by atoms with E-state index >= 15 is 0 Å². The van der Waals surface area contributed by atoms with Crippen LogP contribution in [-0.2, 0) is 14.9 Å². The molecule has 1 aromatic rings. The van der Waals surface area contributed by atoms with Crippen molar-refractivity contribution in [1.82, 2.24) is 4.90 Å². The molecule has 0 saturated carbocycles. The Hall–Kier alpha value is -1.59. The third kappa shape index (κ3) is 3.98. The third-order valence-corrected chi connectivity index (χ3v) is 5.67. The Morgan fingerprint density at radius 3 is 2.32 bits per heavy atom. The summed E-state index contributed by atoms with van der Waals surface area (Å²) < 4.78 is 11.5. The van der Waals surface area contributed by atoms with Crippen molar-refractivity contribution in [2.24, 2.45) is 0 Å². The smallest absolute Gasteiger partial charge is 0.314 e. The second-order valence-corrected chi connectivity index (χ2v) is 7.47. The van der Waals surface area contributed by atoms with Crippen molar-refractivity contribution in [2.75, 3.05) is 26.3 Å². The molecule has 0 atom stereocenters. The zero-order chi connectivity index (χ0) is 17.9. The van der Waals surface area contributed by atoms with E-state index in [9.17, 15) is 9.90 Å². The minimum Gasteiger partial charge on any atom is -0.490 e. The molecule has 0 radical (unpaired) electrons. The molecule has 1 aromatic carbocycles. The van der Waals surface area contributed by atoms with Crippen LogP contribution in [0.2, 0.25) is 0 Å². The van der Waals surface area contributed by atoms with Gasteiger partial charge in [0, 0.05) is 32.3 Å². The van der Waals surface area contributed by atoms with Crippen molar-refractivity contribution in [3.63, 3.8) is 0 Å². The minimum absolute atomic E-state index is 0.248. The molecule has 138 valence electrons. The predicted molar refractivity (Wildman–Crippen MR) is 96.2 cm³/mol. The Balaban J connectivity index is 1.63. The maximum Gasteiger partial charge on any atom is 0.314 e. The topological polar surface area (TPSA) is 59.0 Å². The van der Waals surface area contributed by atoms with Crippen LogP contribution >= 0.6 is 0 Å². The number of aliphatic carboxylic acids is 1. The molecule has 25 heavy (non-hydrogen) atoms. The highest BCUT2D eigenvalue weighted by molar-refractivity contribution is 5.81. The summed E-state index contributed by atoms with van der Waals surface area (Å²) in [6, 6.07) is 8.26. The number of ether oxygens (including phenoxy) is 2. The van der Waals surface area contributed by atoms with E-state index in [0.717, 1.165) is 37.2 Å². The maximum atomic E-state index is 11.9. The number of piperidine rings is 1. The van der Waals surface area contributed by atoms with Crippen molar-refractivity contribution in [1.29, 1.82) is 0 Å². The number of carboxylic acid groups (broad SMARTS) is 1. The quantitative estimate of drug-likeness (QED) is 0.887. The van der Waals surface area contributed by atoms with Crippen LogP contribution in [0.15, 0.2) is 24.3 Å². The van der Waals surface area contributed by atoms with Gasteiger partial charge in [-0.1, -0.05) is 12.1 Å². The molecular formula is C20H29NO4. The van der Waals surface area contributed by atoms with E-state index in [-0.39, 0.29) is 6.10 Å². The number of hydrogen-bond donors (Lipinski definition) is 1. The van der Waals surface area contributed by atoms with Crippen LogP contribution in [0.3, 0.4) is 0 Å². The maximum absolute atomic E-state index is 11.9. The highest BCUT2D eigenvalue weighted by Crippen LogP contribution is 2.36. The Bertz CT molecular complexity index is 570. The highest BCUT2D eigenvalue weighted by atomic mass is 16.5. The van der Waals surface area contributed by atoms with Gasteiger partial charge in [-0.3, -0.25) is 4.79 Å². The fourth-order valence-electron chi connectivity index (χ4n) is 3.90. The Morgan fingerprint density at radius 1 is 1.20 bits per heavy atom. The summed E-state index contributed by atoms with van der Waals surface area (Å²) in [5.74, 6) is 0.0740. The molecule has 2 saturated heterocycles. The number of carboxylic acids is 1. The summed E-state index contributed by atoms with van der Waals surface area (Å²) in [7, 11) is 0. The molecule has 2 fully saturated rings. The lowest BCUT2D eigenvalue weighted by atomic mass is 9.74. The van der Waals surface area contributed by atoms with Gasteiger partial charge in [-0.25, -0.2) is 0 Å². The van der Waals surface area contributed by atoms with Gasteiger partial charge in [0.25, 0.3) is 0 Å². The molecule has 3 rings (SSSR count). The average molecular weight is 347 g/mol. The molecule has 0 aliphatic carbocycles. The van der Waals surface area contributed by atoms with Crippen LogP contribution in [0.4, 0.5) is 0 Å². The van der Waals surface area contributed by atoms with Gasteiger partial charge in [0.2, 0.25) is 0 Å². The predicted octanol–water partition coefficient (Wildman–Crippen LogP) is 3.07. The van der Waals surface area contributed by atoms with Gasteiger partial charge in [0.15, 0.2) is 0 Å². The van der Waals surface area contributed by atoms with E-state index in [0.29, 0.717) is 32.1 Å². The van der Waals surface area contributed by atoms with Gasteiger partial charge in [-0.15, -0.1) is 0 Å². The Morgan fingerprint density at radius 2 is 1.80 bits per heavy atom. The standard InChI is InChI=1S/C20H29NO4/c1-15(2)21-11-7-18(8-12-21)25-17-5-3-16(4-6-17)20(19(22)23)9-13-24-14-10-20/h3-6,15,18H,7-14H2,1-2H3,(H,22,23). The van der Waals surface area contributed by atoms with Crippen molar-refractivity contribution < 1.29 is 19.4 Å². The fourth-order valence-corrected chi connectivity index (χ4v) is 3.90. The molecule has 0 bridgehead atoms. The van der Waals surface area contributed by atoms with Crippen LogP contribution in [0.1, 0.15) is 45.1 Å². The van der Waals surface area contributed by atoms with Crippen molar-refractivity contribution in [3.8, 4) is 5.75 Å². The zero-order valence-electron chi connectivity index (χ0n) is 15.2. The van der Waals surface area contributed by atoms with Crippen LogP contribution in [-0.4, -0.2) is 54.4 Å². The van der Waals surface area contributed by atoms with Crippen LogP contribution < -0.4 is 4.74 Å². The first-order chi connectivity index (χ1) is 12.0. The van der Waals surface area contributed by atoms with Gasteiger partial charge < -0.3 is 19.5 Å². The first-order valence-electron chi connectivity index (χ1n) is 9.34. The summed E-state index contributed by atoms with van der Waals surface area (Å²) in [5, 5.41) is 9.75. The van der Waals surface area contributed by atoms with Gasteiger partial charge in [-0.05, 0) is 57.2 Å². The first-order valence-corrected chi connectivity index (χ1v) is 9.34. The summed E-state index contributed by atoms with van der Waals surface area (Å²) >= 11 is 0. The van der Waals surface area contributed by atoms with Crippen LogP contribution in [0, 0.1) is 0 Å². The average Bonchev–Trinajstić information content (AvgIpc) is 2.63. The fraction of sp³-hybridized carbons (Fsp3) is 0.650. The second-order valence-electron chi connectivity index (χ2n) is 7.47. The summed E-state index contributed by atoms with van der Waals surface area (Å²) in [5.41, 5.74) is 0.0321. The Kier molecular flexibility index (Phi) is 5.64. The molecule has 5 heteroatoms. The molecule has 5 nitrogen and oxygen atoms in total. The molecule has 2 aliphatic rings. The van der Waals surface area contributed by atoms with Gasteiger partial charge >= 0.3 is 5.97 Å². The van der Waals surface area contributed by atoms with E-state index in [1.807, 2.05) is 24.3 Å². The van der Waals surface area contributed by atoms with E-state index < -0.39 is 11.4 Å². The van der Waals surface area contributed by atoms with Gasteiger partial charge in [0.05, 0.1) is 5.41 Å². The molecule has 1 N–H and O–H groups in total. The second kappa shape index (κ2) is 7.75. The summed E-state index contributed by atoms with van der Waals surface area (Å²) in [6.45, 7) is 7.60. The molecule has 0 unspecified atom stereocenters. The summed E-state index contributed by atoms with van der Waals surface area (Å²) in [4.78, 5) is 14.3.